The molecule has 0 aromatic heterocycles. The van der Waals surface area contributed by atoms with Crippen LogP contribution in [0.2, 0.25) is 0 Å². The van der Waals surface area contributed by atoms with Crippen LogP contribution in [0.4, 0.5) is 0 Å². The van der Waals surface area contributed by atoms with Crippen LogP contribution in [0.25, 0.3) is 0 Å². The molecule has 3 N–H and O–H groups in total. The van der Waals surface area contributed by atoms with E-state index in [9.17, 15) is 28.8 Å². The molecule has 2 aliphatic rings. The number of nitrogens with one attached hydrogen (secondary N) is 2. The van der Waals surface area contributed by atoms with Crippen molar-refractivity contribution in [2.24, 2.45) is 0 Å². The molecular weight excluding hydrogens is 450 g/mol. The lowest BCUT2D eigenvalue weighted by molar-refractivity contribution is -0.138. The molecule has 0 radical (unpaired) electrons. The topological polar surface area (TPSA) is 168 Å². The summed E-state index contributed by atoms with van der Waals surface area (Å²) >= 11 is 0. The summed E-state index contributed by atoms with van der Waals surface area (Å²) in [6, 6.07) is 3.07. The monoisotopic (exact) mass is 477 g/mol. The third kappa shape index (κ3) is 6.61. The predicted molar refractivity (Wildman–Crippen MR) is 116 cm³/mol. The van der Waals surface area contributed by atoms with Gasteiger partial charge in [0.1, 0.15) is 11.8 Å². The molecule has 1 aromatic rings. The van der Waals surface area contributed by atoms with Crippen molar-refractivity contribution in [1.29, 1.82) is 0 Å². The second-order valence-corrected chi connectivity index (χ2v) is 7.05. The first-order chi connectivity index (χ1) is 16.3. The molecule has 0 spiro atoms. The van der Waals surface area contributed by atoms with Gasteiger partial charge in [-0.05, 0) is 24.6 Å². The molecule has 12 nitrogen and oxygen atoms in total. The van der Waals surface area contributed by atoms with Gasteiger partial charge >= 0.3 is 5.97 Å². The number of hydrogen-bond acceptors (Lipinski definition) is 8. The first-order valence-corrected chi connectivity index (χ1v) is 10.8. The molecule has 34 heavy (non-hydrogen) atoms. The molecule has 0 bridgehead atoms. The molecule has 1 fully saturated rings. The Morgan fingerprint density at radius 2 is 1.82 bits per heavy atom. The van der Waals surface area contributed by atoms with Crippen molar-refractivity contribution in [2.75, 3.05) is 26.4 Å². The van der Waals surface area contributed by atoms with E-state index in [2.05, 4.69) is 10.6 Å². The highest BCUT2D eigenvalue weighted by Crippen LogP contribution is 2.30. The minimum absolute atomic E-state index is 0.0257. The minimum atomic E-state index is -1.06. The standard InChI is InChI=1S/C20H21N3O9.C2H6/c24-15-4-3-14(18(28)22-15)23-19(29)12-2-1-11(9-13(12)20(23)30)32-10-16(25)21-6-8-31-7-5-17(26)27;1-2/h1-2,9,14H,3-8,10H2,(H,21,25)(H,26,27)(H,22,24,28);1-2H3. The van der Waals surface area contributed by atoms with Crippen molar-refractivity contribution in [3.63, 3.8) is 0 Å². The fourth-order valence-electron chi connectivity index (χ4n) is 3.26. The summed E-state index contributed by atoms with van der Waals surface area (Å²) in [5.41, 5.74) is 0.152. The quantitative estimate of drug-likeness (QED) is 0.312. The van der Waals surface area contributed by atoms with E-state index in [0.717, 1.165) is 4.90 Å². The van der Waals surface area contributed by atoms with E-state index in [4.69, 9.17) is 14.6 Å². The number of fused-ring (bicyclic) bond motifs is 1. The summed E-state index contributed by atoms with van der Waals surface area (Å²) in [6.45, 7) is 4.00. The van der Waals surface area contributed by atoms with Gasteiger partial charge in [-0.3, -0.25) is 39.0 Å². The number of amides is 5. The van der Waals surface area contributed by atoms with Gasteiger partial charge < -0.3 is 19.9 Å². The number of ether oxygens (including phenoxy) is 2. The van der Waals surface area contributed by atoms with Gasteiger partial charge in [0.2, 0.25) is 11.8 Å². The number of nitrogens with zero attached hydrogens (tertiary/aromatic N) is 1. The fraction of sp³-hybridized carbons (Fsp3) is 0.455. The van der Waals surface area contributed by atoms with Crippen LogP contribution in [-0.2, 0) is 23.9 Å². The Balaban J connectivity index is 0.00000199. The zero-order valence-corrected chi connectivity index (χ0v) is 18.9. The Kier molecular flexibility index (Phi) is 9.68. The van der Waals surface area contributed by atoms with Crippen LogP contribution in [0.1, 0.15) is 53.8 Å². The predicted octanol–water partition coefficient (Wildman–Crippen LogP) is 0.100. The van der Waals surface area contributed by atoms with Crippen LogP contribution >= 0.6 is 0 Å². The summed E-state index contributed by atoms with van der Waals surface area (Å²) in [4.78, 5) is 71.8. The fourth-order valence-corrected chi connectivity index (χ4v) is 3.26. The Bertz CT molecular complexity index is 976. The third-order valence-electron chi connectivity index (χ3n) is 4.81. The van der Waals surface area contributed by atoms with Crippen molar-refractivity contribution < 1.29 is 43.3 Å². The van der Waals surface area contributed by atoms with Gasteiger partial charge in [-0.1, -0.05) is 13.8 Å². The Hall–Kier alpha value is -3.80. The molecule has 5 amide bonds. The Morgan fingerprint density at radius 3 is 2.50 bits per heavy atom. The SMILES string of the molecule is CC.O=C(O)CCOCCNC(=O)COc1ccc2c(c1)C(=O)N(C1CCC(=O)NC1=O)C2=O. The van der Waals surface area contributed by atoms with E-state index >= 15 is 0 Å². The number of rotatable bonds is 10. The van der Waals surface area contributed by atoms with Crippen LogP contribution in [-0.4, -0.2) is 77.9 Å². The van der Waals surface area contributed by atoms with E-state index in [-0.39, 0.29) is 62.5 Å². The maximum atomic E-state index is 12.7. The Morgan fingerprint density at radius 1 is 1.12 bits per heavy atom. The van der Waals surface area contributed by atoms with E-state index in [1.807, 2.05) is 13.8 Å². The highest BCUT2D eigenvalue weighted by Gasteiger charge is 2.44. The molecule has 0 saturated carbocycles. The van der Waals surface area contributed by atoms with Crippen LogP contribution < -0.4 is 15.4 Å². The molecule has 1 unspecified atom stereocenters. The number of carbonyl (C=O) groups is 6. The summed E-state index contributed by atoms with van der Waals surface area (Å²) in [5, 5.41) is 13.1. The third-order valence-corrected chi connectivity index (χ3v) is 4.81. The molecule has 1 atom stereocenters. The van der Waals surface area contributed by atoms with Gasteiger partial charge in [-0.25, -0.2) is 0 Å². The number of imide groups is 2. The second kappa shape index (κ2) is 12.4. The molecule has 1 aromatic carbocycles. The van der Waals surface area contributed by atoms with Gasteiger partial charge in [0.25, 0.3) is 17.7 Å². The number of carbonyl (C=O) groups excluding carboxylic acids is 5. The lowest BCUT2D eigenvalue weighted by Crippen LogP contribution is -2.54. The van der Waals surface area contributed by atoms with Gasteiger partial charge in [-0.15, -0.1) is 0 Å². The number of hydrogen-bond donors (Lipinski definition) is 3. The normalized spacial score (nSPS) is 16.9. The number of aliphatic carboxylic acids is 1. The second-order valence-electron chi connectivity index (χ2n) is 7.05. The first-order valence-electron chi connectivity index (χ1n) is 10.8. The van der Waals surface area contributed by atoms with Crippen molar-refractivity contribution in [1.82, 2.24) is 15.5 Å². The maximum Gasteiger partial charge on any atom is 0.305 e. The van der Waals surface area contributed by atoms with Gasteiger partial charge in [0, 0.05) is 13.0 Å². The lowest BCUT2D eigenvalue weighted by atomic mass is 10.0. The van der Waals surface area contributed by atoms with Crippen LogP contribution in [0.15, 0.2) is 18.2 Å². The average Bonchev–Trinajstić information content (AvgIpc) is 3.05. The smallest absolute Gasteiger partial charge is 0.305 e. The Labute approximate surface area is 195 Å². The summed E-state index contributed by atoms with van der Waals surface area (Å²) in [5.74, 6) is -3.71. The maximum absolute atomic E-state index is 12.7. The summed E-state index contributed by atoms with van der Waals surface area (Å²) in [6.07, 6.45) is -0.0465. The number of piperidine rings is 1. The van der Waals surface area contributed by atoms with Crippen LogP contribution in [0, 0.1) is 0 Å². The molecular formula is C22H27N3O9. The first kappa shape index (κ1) is 26.5. The molecule has 0 aliphatic carbocycles. The molecule has 3 rings (SSSR count). The highest BCUT2D eigenvalue weighted by atomic mass is 16.5. The highest BCUT2D eigenvalue weighted by molar-refractivity contribution is 6.23. The average molecular weight is 477 g/mol. The van der Waals surface area contributed by atoms with Crippen LogP contribution in [0.5, 0.6) is 5.75 Å². The van der Waals surface area contributed by atoms with E-state index < -0.39 is 41.5 Å². The van der Waals surface area contributed by atoms with Crippen molar-refractivity contribution >= 4 is 35.5 Å². The number of carboxylic acids is 1. The lowest BCUT2D eigenvalue weighted by Gasteiger charge is -2.27. The molecule has 1 saturated heterocycles. The molecule has 184 valence electrons. The van der Waals surface area contributed by atoms with E-state index in [1.54, 1.807) is 0 Å². The van der Waals surface area contributed by atoms with Gasteiger partial charge in [0.15, 0.2) is 6.61 Å². The largest absolute Gasteiger partial charge is 0.484 e. The van der Waals surface area contributed by atoms with Gasteiger partial charge in [0.05, 0.1) is 30.8 Å². The number of carboxylic acid groups (broad SMARTS) is 1. The summed E-state index contributed by atoms with van der Waals surface area (Å²) < 4.78 is 10.4. The van der Waals surface area contributed by atoms with E-state index in [0.29, 0.717) is 0 Å². The zero-order valence-electron chi connectivity index (χ0n) is 18.9. The molecule has 2 aliphatic heterocycles. The molecule has 2 heterocycles. The van der Waals surface area contributed by atoms with Gasteiger partial charge in [-0.2, -0.15) is 0 Å². The van der Waals surface area contributed by atoms with Crippen molar-refractivity contribution in [2.45, 2.75) is 39.2 Å². The number of benzene rings is 1. The zero-order chi connectivity index (χ0) is 25.3. The van der Waals surface area contributed by atoms with Crippen molar-refractivity contribution in [3.8, 4) is 5.75 Å². The minimum Gasteiger partial charge on any atom is -0.484 e. The summed E-state index contributed by atoms with van der Waals surface area (Å²) in [7, 11) is 0. The van der Waals surface area contributed by atoms with E-state index in [1.165, 1.54) is 18.2 Å². The van der Waals surface area contributed by atoms with Crippen molar-refractivity contribution in [3.05, 3.63) is 29.3 Å². The van der Waals surface area contributed by atoms with Crippen LogP contribution in [0.3, 0.4) is 0 Å². The molecule has 12 heteroatoms.